The van der Waals surface area contributed by atoms with Crippen LogP contribution in [0.3, 0.4) is 0 Å². The lowest BCUT2D eigenvalue weighted by Crippen LogP contribution is -2.44. The molecule has 1 heterocycles. The highest BCUT2D eigenvalue weighted by atomic mass is 16.1. The Labute approximate surface area is 155 Å². The van der Waals surface area contributed by atoms with E-state index in [-0.39, 0.29) is 6.04 Å². The molecule has 2 heteroatoms. The number of Topliss-reactive ketones (excluding diaryl/α,β-unsaturated/α-hetero) is 1. The van der Waals surface area contributed by atoms with Gasteiger partial charge in [0.2, 0.25) is 0 Å². The summed E-state index contributed by atoms with van der Waals surface area (Å²) in [6.45, 7) is 4.46. The number of carbonyl (C=O) groups is 1. The molecule has 1 atom stereocenters. The van der Waals surface area contributed by atoms with Crippen molar-refractivity contribution < 1.29 is 4.79 Å². The molecular weight excluding hydrogens is 306 g/mol. The summed E-state index contributed by atoms with van der Waals surface area (Å²) in [6.07, 6.45) is 15.5. The Morgan fingerprint density at radius 3 is 2.12 bits per heavy atom. The van der Waals surface area contributed by atoms with Crippen molar-refractivity contribution in [3.8, 4) is 0 Å². The Bertz CT molecular complexity index is 464. The third-order valence-corrected chi connectivity index (χ3v) is 5.52. The van der Waals surface area contributed by atoms with E-state index in [1.165, 1.54) is 70.6 Å². The molecule has 0 aromatic heterocycles. The maximum Gasteiger partial charge on any atom is 0.179 e. The van der Waals surface area contributed by atoms with Gasteiger partial charge in [0.05, 0.1) is 6.04 Å². The van der Waals surface area contributed by atoms with E-state index in [4.69, 9.17) is 0 Å². The van der Waals surface area contributed by atoms with Gasteiger partial charge in [-0.2, -0.15) is 0 Å². The molecule has 0 N–H and O–H groups in total. The lowest BCUT2D eigenvalue weighted by atomic mass is 9.95. The average Bonchev–Trinajstić information content (AvgIpc) is 2.68. The topological polar surface area (TPSA) is 20.3 Å². The van der Waals surface area contributed by atoms with Crippen LogP contribution in [-0.2, 0) is 0 Å². The van der Waals surface area contributed by atoms with Crippen molar-refractivity contribution in [2.45, 2.75) is 90.0 Å². The molecule has 1 aromatic carbocycles. The first-order valence-electron chi connectivity index (χ1n) is 10.7. The minimum absolute atomic E-state index is 0.0998. The largest absolute Gasteiger partial charge is 0.293 e. The predicted octanol–water partition coefficient (Wildman–Crippen LogP) is 6.25. The Balaban J connectivity index is 1.80. The van der Waals surface area contributed by atoms with E-state index in [1.807, 2.05) is 30.3 Å². The van der Waals surface area contributed by atoms with Crippen LogP contribution in [0.5, 0.6) is 0 Å². The second-order valence-corrected chi connectivity index (χ2v) is 7.61. The molecule has 1 unspecified atom stereocenters. The molecule has 0 bridgehead atoms. The van der Waals surface area contributed by atoms with Crippen molar-refractivity contribution in [1.29, 1.82) is 0 Å². The molecule has 1 aromatic rings. The zero-order chi connectivity index (χ0) is 17.7. The summed E-state index contributed by atoms with van der Waals surface area (Å²) in [7, 11) is 0. The molecular formula is C23H37NO. The molecule has 1 saturated heterocycles. The lowest BCUT2D eigenvalue weighted by molar-refractivity contribution is 0.0764. The average molecular weight is 344 g/mol. The third-order valence-electron chi connectivity index (χ3n) is 5.52. The zero-order valence-electron chi connectivity index (χ0n) is 16.2. The molecule has 2 nitrogen and oxygen atoms in total. The Morgan fingerprint density at radius 1 is 0.880 bits per heavy atom. The van der Waals surface area contributed by atoms with Crippen LogP contribution >= 0.6 is 0 Å². The van der Waals surface area contributed by atoms with Gasteiger partial charge in [-0.25, -0.2) is 0 Å². The summed E-state index contributed by atoms with van der Waals surface area (Å²) in [6, 6.07) is 10.0. The van der Waals surface area contributed by atoms with E-state index >= 15 is 0 Å². The quantitative estimate of drug-likeness (QED) is 0.330. The van der Waals surface area contributed by atoms with E-state index < -0.39 is 0 Å². The van der Waals surface area contributed by atoms with E-state index in [0.717, 1.165) is 25.1 Å². The number of nitrogens with zero attached hydrogens (tertiary/aromatic N) is 1. The fourth-order valence-corrected chi connectivity index (χ4v) is 3.98. The molecule has 25 heavy (non-hydrogen) atoms. The Morgan fingerprint density at radius 2 is 1.48 bits per heavy atom. The van der Waals surface area contributed by atoms with Crippen molar-refractivity contribution in [3.05, 3.63) is 35.9 Å². The first kappa shape index (κ1) is 20.2. The van der Waals surface area contributed by atoms with Gasteiger partial charge < -0.3 is 0 Å². The lowest BCUT2D eigenvalue weighted by Gasteiger charge is -2.33. The molecule has 0 aliphatic carbocycles. The number of hydrogen-bond donors (Lipinski definition) is 0. The smallest absolute Gasteiger partial charge is 0.179 e. The highest BCUT2D eigenvalue weighted by Gasteiger charge is 2.27. The molecule has 1 aliphatic heterocycles. The number of ketones is 1. The first-order chi connectivity index (χ1) is 12.3. The summed E-state index contributed by atoms with van der Waals surface area (Å²) in [5.74, 6) is 0.338. The normalized spacial score (nSPS) is 16.7. The van der Waals surface area contributed by atoms with Crippen LogP contribution in [0.2, 0.25) is 0 Å². The second-order valence-electron chi connectivity index (χ2n) is 7.61. The molecule has 0 saturated carbocycles. The molecule has 140 valence electrons. The van der Waals surface area contributed by atoms with Gasteiger partial charge in [-0.05, 0) is 32.4 Å². The zero-order valence-corrected chi connectivity index (χ0v) is 16.2. The monoisotopic (exact) mass is 343 g/mol. The number of piperidine rings is 1. The van der Waals surface area contributed by atoms with Crippen molar-refractivity contribution in [2.75, 3.05) is 13.1 Å². The number of unbranched alkanes of at least 4 members (excludes halogenated alkanes) is 7. The highest BCUT2D eigenvalue weighted by Crippen LogP contribution is 2.21. The van der Waals surface area contributed by atoms with Crippen molar-refractivity contribution in [1.82, 2.24) is 4.90 Å². The fourth-order valence-electron chi connectivity index (χ4n) is 3.98. The SMILES string of the molecule is CCCCCCCCCCC(C(=O)c1ccccc1)N1CCCCC1. The van der Waals surface area contributed by atoms with E-state index in [2.05, 4.69) is 11.8 Å². The second kappa shape index (κ2) is 12.2. The minimum atomic E-state index is 0.0998. The van der Waals surface area contributed by atoms with Crippen molar-refractivity contribution >= 4 is 5.78 Å². The summed E-state index contributed by atoms with van der Waals surface area (Å²) in [5, 5.41) is 0. The van der Waals surface area contributed by atoms with Crippen molar-refractivity contribution in [2.24, 2.45) is 0 Å². The van der Waals surface area contributed by atoms with Gasteiger partial charge in [-0.15, -0.1) is 0 Å². The maximum atomic E-state index is 13.0. The number of likely N-dealkylation sites (tertiary alicyclic amines) is 1. The number of hydrogen-bond acceptors (Lipinski definition) is 2. The van der Waals surface area contributed by atoms with E-state index in [0.29, 0.717) is 5.78 Å². The molecule has 0 spiro atoms. The number of benzene rings is 1. The van der Waals surface area contributed by atoms with Crippen LogP contribution in [0.4, 0.5) is 0 Å². The van der Waals surface area contributed by atoms with Gasteiger partial charge >= 0.3 is 0 Å². The molecule has 0 amide bonds. The van der Waals surface area contributed by atoms with Gasteiger partial charge in [0.1, 0.15) is 0 Å². The fraction of sp³-hybridized carbons (Fsp3) is 0.696. The van der Waals surface area contributed by atoms with Crippen LogP contribution in [0.25, 0.3) is 0 Å². The Kier molecular flexibility index (Phi) is 9.88. The summed E-state index contributed by atoms with van der Waals surface area (Å²) < 4.78 is 0. The van der Waals surface area contributed by atoms with Gasteiger partial charge in [-0.1, -0.05) is 95.0 Å². The van der Waals surface area contributed by atoms with Crippen LogP contribution < -0.4 is 0 Å². The molecule has 1 fully saturated rings. The van der Waals surface area contributed by atoms with Gasteiger partial charge in [0.15, 0.2) is 5.78 Å². The summed E-state index contributed by atoms with van der Waals surface area (Å²) >= 11 is 0. The van der Waals surface area contributed by atoms with Crippen LogP contribution in [0, 0.1) is 0 Å². The highest BCUT2D eigenvalue weighted by molar-refractivity contribution is 6.00. The van der Waals surface area contributed by atoms with Crippen LogP contribution in [0.1, 0.15) is 94.3 Å². The first-order valence-corrected chi connectivity index (χ1v) is 10.7. The number of carbonyl (C=O) groups excluding carboxylic acids is 1. The number of rotatable bonds is 12. The third kappa shape index (κ3) is 7.32. The Hall–Kier alpha value is -1.15. The van der Waals surface area contributed by atoms with Gasteiger partial charge in [-0.3, -0.25) is 9.69 Å². The van der Waals surface area contributed by atoms with E-state index in [1.54, 1.807) is 0 Å². The summed E-state index contributed by atoms with van der Waals surface area (Å²) in [4.78, 5) is 15.5. The maximum absolute atomic E-state index is 13.0. The summed E-state index contributed by atoms with van der Waals surface area (Å²) in [5.41, 5.74) is 0.887. The predicted molar refractivity (Wildman–Crippen MR) is 107 cm³/mol. The van der Waals surface area contributed by atoms with Crippen molar-refractivity contribution in [3.63, 3.8) is 0 Å². The van der Waals surface area contributed by atoms with Crippen LogP contribution in [0.15, 0.2) is 30.3 Å². The van der Waals surface area contributed by atoms with Crippen LogP contribution in [-0.4, -0.2) is 29.8 Å². The van der Waals surface area contributed by atoms with Gasteiger partial charge in [0, 0.05) is 5.56 Å². The standard InChI is InChI=1S/C23H37NO/c1-2-3-4-5-6-7-8-13-18-22(24-19-14-10-15-20-24)23(25)21-16-11-9-12-17-21/h9,11-12,16-17,22H,2-8,10,13-15,18-20H2,1H3. The molecule has 2 rings (SSSR count). The van der Waals surface area contributed by atoms with Gasteiger partial charge in [0.25, 0.3) is 0 Å². The van der Waals surface area contributed by atoms with E-state index in [9.17, 15) is 4.79 Å². The molecule has 0 radical (unpaired) electrons. The molecule has 1 aliphatic rings. The minimum Gasteiger partial charge on any atom is -0.293 e.